The summed E-state index contributed by atoms with van der Waals surface area (Å²) in [5, 5.41) is 10.6. The summed E-state index contributed by atoms with van der Waals surface area (Å²) in [5.74, 6) is 2.46. The number of aromatic nitrogens is 5. The van der Waals surface area contributed by atoms with Gasteiger partial charge in [-0.1, -0.05) is 19.4 Å². The van der Waals surface area contributed by atoms with Crippen LogP contribution in [0.5, 0.6) is 0 Å². The molecule has 2 atom stereocenters. The first-order valence-electron chi connectivity index (χ1n) is 14.1. The summed E-state index contributed by atoms with van der Waals surface area (Å²) in [4.78, 5) is 28.9. The summed E-state index contributed by atoms with van der Waals surface area (Å²) < 4.78 is 8.49. The topological polar surface area (TPSA) is 138 Å². The maximum Gasteiger partial charge on any atom is 0.407 e. The van der Waals surface area contributed by atoms with Crippen molar-refractivity contribution in [3.05, 3.63) is 71.5 Å². The number of carbonyl (C=O) groups is 1. The van der Waals surface area contributed by atoms with Gasteiger partial charge in [-0.25, -0.2) is 14.8 Å². The molecule has 1 aliphatic carbocycles. The van der Waals surface area contributed by atoms with Gasteiger partial charge in [0.1, 0.15) is 17.4 Å². The van der Waals surface area contributed by atoms with Crippen molar-refractivity contribution < 1.29 is 14.6 Å². The summed E-state index contributed by atoms with van der Waals surface area (Å²) in [7, 11) is 0. The third-order valence-electron chi connectivity index (χ3n) is 8.42. The van der Waals surface area contributed by atoms with Crippen molar-refractivity contribution in [2.45, 2.75) is 64.3 Å². The highest BCUT2D eigenvalue weighted by Gasteiger charge is 2.32. The van der Waals surface area contributed by atoms with Crippen LogP contribution in [0.3, 0.4) is 0 Å². The lowest BCUT2D eigenvalue weighted by Crippen LogP contribution is -2.29. The highest BCUT2D eigenvalue weighted by atomic mass is 16.5. The number of nitrogens with zero attached hydrogens (tertiary/aromatic N) is 4. The Morgan fingerprint density at radius 3 is 2.92 bits per heavy atom. The third-order valence-corrected chi connectivity index (χ3v) is 8.42. The van der Waals surface area contributed by atoms with Crippen LogP contribution < -0.4 is 5.73 Å². The Bertz CT molecular complexity index is 1670. The second-order valence-corrected chi connectivity index (χ2v) is 10.9. The second kappa shape index (κ2) is 9.71. The molecule has 5 N–H and O–H groups in total. The Balaban J connectivity index is 1.17. The predicted molar refractivity (Wildman–Crippen MR) is 152 cm³/mol. The van der Waals surface area contributed by atoms with Crippen LogP contribution in [0.15, 0.2) is 48.5 Å². The molecule has 4 aromatic rings. The van der Waals surface area contributed by atoms with Gasteiger partial charge >= 0.3 is 6.09 Å². The van der Waals surface area contributed by atoms with Gasteiger partial charge in [-0.3, -0.25) is 4.90 Å². The Morgan fingerprint density at radius 1 is 1.20 bits per heavy atom. The minimum atomic E-state index is -0.896. The molecule has 40 heavy (non-hydrogen) atoms. The van der Waals surface area contributed by atoms with Crippen molar-refractivity contribution >= 4 is 28.1 Å². The van der Waals surface area contributed by atoms with E-state index in [0.717, 1.165) is 78.0 Å². The fourth-order valence-electron chi connectivity index (χ4n) is 6.33. The van der Waals surface area contributed by atoms with E-state index in [1.165, 1.54) is 21.7 Å². The number of H-pyrrole nitrogens is 2. The molecule has 3 aromatic heterocycles. The molecule has 10 heteroatoms. The smallest absolute Gasteiger partial charge is 0.407 e. The number of carboxylic acid groups (broad SMARTS) is 1. The van der Waals surface area contributed by atoms with Gasteiger partial charge in [0.2, 0.25) is 0 Å². The van der Waals surface area contributed by atoms with Crippen molar-refractivity contribution in [1.82, 2.24) is 29.4 Å². The van der Waals surface area contributed by atoms with Gasteiger partial charge < -0.3 is 30.1 Å². The quantitative estimate of drug-likeness (QED) is 0.239. The fraction of sp³-hybridized carbons (Fsp3) is 0.367. The Kier molecular flexibility index (Phi) is 6.00. The minimum absolute atomic E-state index is 0.0697. The van der Waals surface area contributed by atoms with Crippen molar-refractivity contribution in [3.8, 4) is 11.3 Å². The molecule has 10 nitrogen and oxygen atoms in total. The number of allylic oxidation sites excluding steroid dienone is 3. The Labute approximate surface area is 231 Å². The number of imidazole rings is 2. The molecule has 1 saturated heterocycles. The zero-order valence-corrected chi connectivity index (χ0v) is 22.5. The van der Waals surface area contributed by atoms with Crippen molar-refractivity contribution in [2.24, 2.45) is 5.73 Å². The zero-order valence-electron chi connectivity index (χ0n) is 22.5. The van der Waals surface area contributed by atoms with E-state index in [9.17, 15) is 9.90 Å². The average Bonchev–Trinajstić information content (AvgIpc) is 3.77. The molecule has 0 saturated carbocycles. The zero-order chi connectivity index (χ0) is 27.4. The van der Waals surface area contributed by atoms with E-state index < -0.39 is 6.09 Å². The summed E-state index contributed by atoms with van der Waals surface area (Å²) in [6.45, 7) is 3.13. The Morgan fingerprint density at radius 2 is 2.08 bits per heavy atom. The molecule has 1 amide bonds. The molecule has 5 heterocycles. The minimum Gasteiger partial charge on any atom is -0.472 e. The number of likely N-dealkylation sites (tertiary alicyclic amines) is 1. The van der Waals surface area contributed by atoms with Crippen LogP contribution in [0.2, 0.25) is 0 Å². The first-order chi connectivity index (χ1) is 19.5. The number of amides is 1. The van der Waals surface area contributed by atoms with Gasteiger partial charge in [0, 0.05) is 23.1 Å². The predicted octanol–water partition coefficient (Wildman–Crippen LogP) is 5.95. The number of hydrogen-bond donors (Lipinski definition) is 4. The van der Waals surface area contributed by atoms with Crippen molar-refractivity contribution in [3.63, 3.8) is 0 Å². The summed E-state index contributed by atoms with van der Waals surface area (Å²) in [6.07, 6.45) is 10.3. The number of hydrogen-bond acceptors (Lipinski definition) is 5. The number of nitrogens with two attached hydrogens (primary N) is 1. The van der Waals surface area contributed by atoms with Crippen molar-refractivity contribution in [2.75, 3.05) is 6.54 Å². The normalized spacial score (nSPS) is 19.4. The highest BCUT2D eigenvalue weighted by Crippen LogP contribution is 2.41. The van der Waals surface area contributed by atoms with Gasteiger partial charge in [0.25, 0.3) is 0 Å². The largest absolute Gasteiger partial charge is 0.472 e. The molecule has 0 spiro atoms. The number of nitrogens with one attached hydrogen (secondary N) is 2. The van der Waals surface area contributed by atoms with E-state index in [2.05, 4.69) is 61.8 Å². The van der Waals surface area contributed by atoms with E-state index >= 15 is 0 Å². The molecule has 7 rings (SSSR count). The van der Waals surface area contributed by atoms with Crippen molar-refractivity contribution in [1.29, 1.82) is 0 Å². The standard InChI is InChI=1S/C30H33N7O3/c1-2-4-21(31)28-32-14-23(34-28)18-6-8-20-26-12-19-11-17(7-9-24(19)37(26)16-40-27(20)13-18)22-15-33-29(35-22)25-5-3-10-36(25)30(38)39/h7,9,11-15,21,25H,2-6,8,10,16,31H2,1H3,(H,32,34)(H,33,35)(H,38,39). The molecule has 2 aliphatic heterocycles. The summed E-state index contributed by atoms with van der Waals surface area (Å²) in [6, 6.07) is 8.33. The molecule has 0 bridgehead atoms. The van der Waals surface area contributed by atoms with Gasteiger partial charge in [-0.15, -0.1) is 0 Å². The molecule has 0 radical (unpaired) electrons. The van der Waals surface area contributed by atoms with Gasteiger partial charge in [-0.2, -0.15) is 0 Å². The van der Waals surface area contributed by atoms with Crippen LogP contribution in [0, 0.1) is 0 Å². The highest BCUT2D eigenvalue weighted by molar-refractivity contribution is 5.91. The van der Waals surface area contributed by atoms with Crippen LogP contribution in [0.4, 0.5) is 4.79 Å². The summed E-state index contributed by atoms with van der Waals surface area (Å²) in [5.41, 5.74) is 13.9. The SMILES string of the molecule is CCCC(N)c1ncc(C2=CC3=C(CC2)c2cc4cc(-c5cnc(C6CCCN6C(=O)O)[nH]5)ccc4n2CO3)[nH]1. The van der Waals surface area contributed by atoms with E-state index in [-0.39, 0.29) is 12.1 Å². The second-order valence-electron chi connectivity index (χ2n) is 10.9. The molecule has 206 valence electrons. The van der Waals surface area contributed by atoms with Crippen LogP contribution in [-0.4, -0.2) is 47.1 Å². The maximum absolute atomic E-state index is 11.6. The first kappa shape index (κ1) is 24.7. The lowest BCUT2D eigenvalue weighted by Gasteiger charge is -2.26. The average molecular weight is 540 g/mol. The van der Waals surface area contributed by atoms with E-state index in [4.69, 9.17) is 10.5 Å². The van der Waals surface area contributed by atoms with Crippen LogP contribution in [-0.2, 0) is 11.5 Å². The van der Waals surface area contributed by atoms with E-state index in [1.807, 2.05) is 6.20 Å². The monoisotopic (exact) mass is 539 g/mol. The first-order valence-corrected chi connectivity index (χ1v) is 14.1. The summed E-state index contributed by atoms with van der Waals surface area (Å²) >= 11 is 0. The molecule has 1 fully saturated rings. The number of fused-ring (bicyclic) bond motifs is 4. The Hall–Kier alpha value is -4.31. The van der Waals surface area contributed by atoms with Gasteiger partial charge in [0.15, 0.2) is 6.73 Å². The van der Waals surface area contributed by atoms with Crippen LogP contribution >= 0.6 is 0 Å². The lowest BCUT2D eigenvalue weighted by atomic mass is 9.93. The van der Waals surface area contributed by atoms with Gasteiger partial charge in [0.05, 0.1) is 47.1 Å². The maximum atomic E-state index is 11.6. The molecule has 1 aromatic carbocycles. The number of ether oxygens (including phenoxy) is 1. The van der Waals surface area contributed by atoms with Crippen LogP contribution in [0.1, 0.15) is 80.6 Å². The molecule has 2 unspecified atom stereocenters. The molecular weight excluding hydrogens is 506 g/mol. The van der Waals surface area contributed by atoms with E-state index in [1.54, 1.807) is 6.20 Å². The van der Waals surface area contributed by atoms with Gasteiger partial charge in [-0.05, 0) is 62.0 Å². The number of rotatable bonds is 6. The molecular formula is C30H33N7O3. The van der Waals surface area contributed by atoms with E-state index in [0.29, 0.717) is 19.1 Å². The lowest BCUT2D eigenvalue weighted by molar-refractivity contribution is 0.139. The van der Waals surface area contributed by atoms with Crippen LogP contribution in [0.25, 0.3) is 33.3 Å². The number of aromatic amines is 2. The molecule has 3 aliphatic rings. The third kappa shape index (κ3) is 4.10. The number of benzene rings is 1. The fourth-order valence-corrected chi connectivity index (χ4v) is 6.33.